The number of nitrogens with one attached hydrogen (secondary N) is 1. The molecule has 1 saturated heterocycles. The average Bonchev–Trinajstić information content (AvgIpc) is 2.97. The predicted octanol–water partition coefficient (Wildman–Crippen LogP) is 2.53. The van der Waals surface area contributed by atoms with E-state index in [4.69, 9.17) is 9.47 Å². The maximum Gasteiger partial charge on any atom is 0.0921 e. The van der Waals surface area contributed by atoms with E-state index in [0.717, 1.165) is 52.2 Å². The molecular weight excluding hydrogens is 266 g/mol. The van der Waals surface area contributed by atoms with Crippen molar-refractivity contribution in [3.05, 3.63) is 18.0 Å². The van der Waals surface area contributed by atoms with Crippen molar-refractivity contribution in [2.75, 3.05) is 26.4 Å². The number of ether oxygens (including phenoxy) is 2. The SMILES string of the molecule is CCCNC(c1cnn(CC)c1)C1(OCC)CCOCC1. The Morgan fingerprint density at radius 3 is 2.71 bits per heavy atom. The Labute approximate surface area is 128 Å². The third-order valence-electron chi connectivity index (χ3n) is 4.21. The minimum Gasteiger partial charge on any atom is -0.381 e. The molecule has 0 aliphatic carbocycles. The van der Waals surface area contributed by atoms with E-state index in [2.05, 4.69) is 37.4 Å². The molecule has 1 fully saturated rings. The summed E-state index contributed by atoms with van der Waals surface area (Å²) in [6.07, 6.45) is 7.09. The maximum absolute atomic E-state index is 6.25. The lowest BCUT2D eigenvalue weighted by atomic mass is 9.83. The van der Waals surface area contributed by atoms with Gasteiger partial charge in [0.15, 0.2) is 0 Å². The van der Waals surface area contributed by atoms with Crippen LogP contribution in [0.4, 0.5) is 0 Å². The molecule has 0 radical (unpaired) electrons. The van der Waals surface area contributed by atoms with Gasteiger partial charge in [-0.25, -0.2) is 0 Å². The number of hydrogen-bond acceptors (Lipinski definition) is 4. The lowest BCUT2D eigenvalue weighted by molar-refractivity contribution is -0.128. The van der Waals surface area contributed by atoms with Crippen molar-refractivity contribution >= 4 is 0 Å². The van der Waals surface area contributed by atoms with E-state index in [-0.39, 0.29) is 11.6 Å². The van der Waals surface area contributed by atoms with Crippen LogP contribution in [-0.2, 0) is 16.0 Å². The first-order valence-corrected chi connectivity index (χ1v) is 8.23. The fourth-order valence-corrected chi connectivity index (χ4v) is 3.12. The van der Waals surface area contributed by atoms with Crippen molar-refractivity contribution < 1.29 is 9.47 Å². The lowest BCUT2D eigenvalue weighted by Gasteiger charge is -2.43. The summed E-state index contributed by atoms with van der Waals surface area (Å²) in [5.41, 5.74) is 1.05. The van der Waals surface area contributed by atoms with Crippen LogP contribution in [0, 0.1) is 0 Å². The summed E-state index contributed by atoms with van der Waals surface area (Å²) in [5, 5.41) is 8.12. The number of hydrogen-bond donors (Lipinski definition) is 1. The first-order valence-electron chi connectivity index (χ1n) is 8.23. The van der Waals surface area contributed by atoms with Gasteiger partial charge in [0, 0.05) is 51.0 Å². The summed E-state index contributed by atoms with van der Waals surface area (Å²) in [6, 6.07) is 0.182. The van der Waals surface area contributed by atoms with Gasteiger partial charge < -0.3 is 14.8 Å². The predicted molar refractivity (Wildman–Crippen MR) is 83.3 cm³/mol. The molecule has 5 heteroatoms. The molecule has 5 nitrogen and oxygen atoms in total. The summed E-state index contributed by atoms with van der Waals surface area (Å²) in [4.78, 5) is 0. The molecule has 0 saturated carbocycles. The zero-order chi connectivity index (χ0) is 15.1. The first-order chi connectivity index (χ1) is 10.3. The second-order valence-electron chi connectivity index (χ2n) is 5.63. The summed E-state index contributed by atoms with van der Waals surface area (Å²) < 4.78 is 13.8. The topological polar surface area (TPSA) is 48.3 Å². The molecule has 2 heterocycles. The number of rotatable bonds is 8. The summed E-state index contributed by atoms with van der Waals surface area (Å²) in [6.45, 7) is 10.5. The van der Waals surface area contributed by atoms with Crippen molar-refractivity contribution in [1.29, 1.82) is 0 Å². The van der Waals surface area contributed by atoms with Crippen LogP contribution in [0.5, 0.6) is 0 Å². The molecule has 120 valence electrons. The van der Waals surface area contributed by atoms with Crippen LogP contribution in [0.1, 0.15) is 51.6 Å². The molecule has 1 unspecified atom stereocenters. The van der Waals surface area contributed by atoms with Gasteiger partial charge in [-0.1, -0.05) is 6.92 Å². The maximum atomic E-state index is 6.25. The van der Waals surface area contributed by atoms with Gasteiger partial charge in [0.25, 0.3) is 0 Å². The molecule has 2 rings (SSSR count). The monoisotopic (exact) mass is 295 g/mol. The normalized spacial score (nSPS) is 19.6. The highest BCUT2D eigenvalue weighted by atomic mass is 16.5. The smallest absolute Gasteiger partial charge is 0.0921 e. The third kappa shape index (κ3) is 3.84. The molecule has 1 aromatic heterocycles. The third-order valence-corrected chi connectivity index (χ3v) is 4.21. The van der Waals surface area contributed by atoms with E-state index in [0.29, 0.717) is 0 Å². The second kappa shape index (κ2) is 7.92. The fraction of sp³-hybridized carbons (Fsp3) is 0.812. The van der Waals surface area contributed by atoms with E-state index in [1.165, 1.54) is 5.56 Å². The largest absolute Gasteiger partial charge is 0.381 e. The Hall–Kier alpha value is -0.910. The minimum absolute atomic E-state index is 0.177. The van der Waals surface area contributed by atoms with Crippen LogP contribution >= 0.6 is 0 Å². The fourth-order valence-electron chi connectivity index (χ4n) is 3.12. The van der Waals surface area contributed by atoms with Gasteiger partial charge >= 0.3 is 0 Å². The Balaban J connectivity index is 2.26. The zero-order valence-electron chi connectivity index (χ0n) is 13.6. The van der Waals surface area contributed by atoms with Gasteiger partial charge in [-0.2, -0.15) is 5.10 Å². The molecule has 0 bridgehead atoms. The van der Waals surface area contributed by atoms with E-state index in [1.54, 1.807) is 0 Å². The van der Waals surface area contributed by atoms with Crippen molar-refractivity contribution in [3.63, 3.8) is 0 Å². The molecule has 1 atom stereocenters. The van der Waals surface area contributed by atoms with Crippen LogP contribution < -0.4 is 5.32 Å². The number of aryl methyl sites for hydroxylation is 1. The Bertz CT molecular complexity index is 408. The van der Waals surface area contributed by atoms with E-state index < -0.39 is 0 Å². The molecule has 1 N–H and O–H groups in total. The highest BCUT2D eigenvalue weighted by molar-refractivity contribution is 5.17. The van der Waals surface area contributed by atoms with Gasteiger partial charge in [-0.3, -0.25) is 4.68 Å². The van der Waals surface area contributed by atoms with Gasteiger partial charge in [-0.05, 0) is 26.8 Å². The van der Waals surface area contributed by atoms with Gasteiger partial charge in [0.05, 0.1) is 17.8 Å². The number of aromatic nitrogens is 2. The quantitative estimate of drug-likeness (QED) is 0.800. The van der Waals surface area contributed by atoms with Crippen LogP contribution in [0.15, 0.2) is 12.4 Å². The molecule has 1 aliphatic rings. The summed E-state index contributed by atoms with van der Waals surface area (Å²) in [7, 11) is 0. The van der Waals surface area contributed by atoms with E-state index >= 15 is 0 Å². The highest BCUT2D eigenvalue weighted by Gasteiger charge is 2.42. The Morgan fingerprint density at radius 2 is 2.14 bits per heavy atom. The van der Waals surface area contributed by atoms with Gasteiger partial charge in [0.1, 0.15) is 0 Å². The van der Waals surface area contributed by atoms with E-state index in [1.807, 2.05) is 10.9 Å². The molecule has 0 aromatic carbocycles. The van der Waals surface area contributed by atoms with Crippen LogP contribution in [0.25, 0.3) is 0 Å². The van der Waals surface area contributed by atoms with Crippen molar-refractivity contribution in [3.8, 4) is 0 Å². The first kappa shape index (κ1) is 16.5. The molecule has 0 spiro atoms. The molecule has 0 amide bonds. The minimum atomic E-state index is -0.177. The van der Waals surface area contributed by atoms with E-state index in [9.17, 15) is 0 Å². The Kier molecular flexibility index (Phi) is 6.21. The van der Waals surface area contributed by atoms with Gasteiger partial charge in [-0.15, -0.1) is 0 Å². The van der Waals surface area contributed by atoms with Crippen molar-refractivity contribution in [2.45, 2.75) is 58.2 Å². The van der Waals surface area contributed by atoms with Crippen molar-refractivity contribution in [1.82, 2.24) is 15.1 Å². The highest BCUT2D eigenvalue weighted by Crippen LogP contribution is 2.37. The van der Waals surface area contributed by atoms with Crippen LogP contribution in [-0.4, -0.2) is 41.7 Å². The lowest BCUT2D eigenvalue weighted by Crippen LogP contribution is -2.50. The van der Waals surface area contributed by atoms with Gasteiger partial charge in [0.2, 0.25) is 0 Å². The number of nitrogens with zero attached hydrogens (tertiary/aromatic N) is 2. The van der Waals surface area contributed by atoms with Crippen LogP contribution in [0.3, 0.4) is 0 Å². The average molecular weight is 295 g/mol. The molecule has 1 aliphatic heterocycles. The van der Waals surface area contributed by atoms with Crippen molar-refractivity contribution in [2.24, 2.45) is 0 Å². The van der Waals surface area contributed by atoms with Crippen LogP contribution in [0.2, 0.25) is 0 Å². The summed E-state index contributed by atoms with van der Waals surface area (Å²) in [5.74, 6) is 0. The summed E-state index contributed by atoms with van der Waals surface area (Å²) >= 11 is 0. The molecular formula is C16H29N3O2. The molecule has 21 heavy (non-hydrogen) atoms. The Morgan fingerprint density at radius 1 is 1.38 bits per heavy atom. The second-order valence-corrected chi connectivity index (χ2v) is 5.63. The standard InChI is InChI=1S/C16H29N3O2/c1-4-9-17-15(14-12-18-19(5-2)13-14)16(21-6-3)7-10-20-11-8-16/h12-13,15,17H,4-11H2,1-3H3. The molecule has 1 aromatic rings. The zero-order valence-corrected chi connectivity index (χ0v) is 13.6.